The van der Waals surface area contributed by atoms with Crippen molar-refractivity contribution in [2.75, 3.05) is 0 Å². The first-order chi connectivity index (χ1) is 4.20. The van der Waals surface area contributed by atoms with E-state index in [2.05, 4.69) is 0 Å². The van der Waals surface area contributed by atoms with Gasteiger partial charge >= 0.3 is 0 Å². The van der Waals surface area contributed by atoms with Crippen LogP contribution in [0.3, 0.4) is 0 Å². The summed E-state index contributed by atoms with van der Waals surface area (Å²) in [6, 6.07) is 0. The molecule has 2 heteroatoms. The summed E-state index contributed by atoms with van der Waals surface area (Å²) in [5.41, 5.74) is 0. The van der Waals surface area contributed by atoms with Crippen molar-refractivity contribution in [3.05, 3.63) is 23.8 Å². The van der Waals surface area contributed by atoms with Gasteiger partial charge in [-0.15, -0.1) is 0 Å². The minimum atomic E-state index is -0.453. The summed E-state index contributed by atoms with van der Waals surface area (Å²) in [7, 11) is 0. The Hall–Kier alpha value is -0.660. The highest BCUT2D eigenvalue weighted by Crippen LogP contribution is 2.24. The highest BCUT2D eigenvalue weighted by Gasteiger charge is 2.11. The van der Waals surface area contributed by atoms with Gasteiger partial charge in [0.1, 0.15) is 11.7 Å². The van der Waals surface area contributed by atoms with Gasteiger partial charge in [-0.3, -0.25) is 0 Å². The zero-order valence-electron chi connectivity index (χ0n) is 5.20. The second kappa shape index (κ2) is 2.29. The van der Waals surface area contributed by atoms with Crippen molar-refractivity contribution in [2.45, 2.75) is 13.3 Å². The van der Waals surface area contributed by atoms with Crippen LogP contribution < -0.4 is 0 Å². The molecule has 0 fully saturated rings. The first-order valence-electron chi connectivity index (χ1n) is 2.93. The Bertz CT molecular complexity index is 168. The van der Waals surface area contributed by atoms with Crippen LogP contribution in [0.15, 0.2) is 23.8 Å². The summed E-state index contributed by atoms with van der Waals surface area (Å²) >= 11 is 0. The van der Waals surface area contributed by atoms with Crippen molar-refractivity contribution in [1.82, 2.24) is 0 Å². The van der Waals surface area contributed by atoms with Crippen LogP contribution in [0.2, 0.25) is 0 Å². The van der Waals surface area contributed by atoms with Gasteiger partial charge in [-0.05, 0) is 12.5 Å². The molecule has 1 aliphatic carbocycles. The standard InChI is InChI=1S/C7H8F2/c1-5-2-3-6(8)4-7(5)9/h3-5H,2H2,1H3/t5-/m1/s1. The van der Waals surface area contributed by atoms with Crippen LogP contribution in [0.5, 0.6) is 0 Å². The van der Waals surface area contributed by atoms with Crippen molar-refractivity contribution >= 4 is 0 Å². The predicted molar refractivity (Wildman–Crippen MR) is 32.2 cm³/mol. The van der Waals surface area contributed by atoms with Gasteiger partial charge in [0, 0.05) is 12.0 Å². The lowest BCUT2D eigenvalue weighted by atomic mass is 10.0. The Labute approximate surface area is 52.9 Å². The van der Waals surface area contributed by atoms with Gasteiger partial charge in [0.2, 0.25) is 0 Å². The summed E-state index contributed by atoms with van der Waals surface area (Å²) in [6.07, 6.45) is 2.82. The predicted octanol–water partition coefficient (Wildman–Crippen LogP) is 2.73. The molecule has 0 aromatic rings. The van der Waals surface area contributed by atoms with Crippen molar-refractivity contribution < 1.29 is 8.78 Å². The molecule has 1 aliphatic rings. The van der Waals surface area contributed by atoms with Crippen LogP contribution in [0, 0.1) is 5.92 Å². The molecular formula is C7H8F2. The molecule has 0 aromatic carbocycles. The zero-order valence-corrected chi connectivity index (χ0v) is 5.20. The first kappa shape index (κ1) is 6.46. The number of halogens is 2. The lowest BCUT2D eigenvalue weighted by molar-refractivity contribution is 0.474. The Morgan fingerprint density at radius 3 is 2.67 bits per heavy atom. The maximum absolute atomic E-state index is 12.4. The molecule has 0 saturated carbocycles. The fraction of sp³-hybridized carbons (Fsp3) is 0.429. The highest BCUT2D eigenvalue weighted by molar-refractivity contribution is 5.20. The Kier molecular flexibility index (Phi) is 1.65. The van der Waals surface area contributed by atoms with E-state index in [-0.39, 0.29) is 11.7 Å². The minimum Gasteiger partial charge on any atom is -0.211 e. The molecule has 0 saturated heterocycles. The monoisotopic (exact) mass is 130 g/mol. The third-order valence-corrected chi connectivity index (χ3v) is 1.41. The summed E-state index contributed by atoms with van der Waals surface area (Å²) in [5, 5.41) is 0. The van der Waals surface area contributed by atoms with E-state index in [1.807, 2.05) is 0 Å². The van der Waals surface area contributed by atoms with Crippen LogP contribution in [0.4, 0.5) is 8.78 Å². The minimum absolute atomic E-state index is 0.135. The van der Waals surface area contributed by atoms with Gasteiger partial charge in [-0.2, -0.15) is 0 Å². The number of rotatable bonds is 0. The summed E-state index contributed by atoms with van der Waals surface area (Å²) in [6.45, 7) is 1.73. The van der Waals surface area contributed by atoms with Crippen molar-refractivity contribution in [3.8, 4) is 0 Å². The molecule has 0 unspecified atom stereocenters. The average molecular weight is 130 g/mol. The summed E-state index contributed by atoms with van der Waals surface area (Å²) in [5.74, 6) is -0.940. The fourth-order valence-electron chi connectivity index (χ4n) is 0.735. The SMILES string of the molecule is C[C@@H]1CC=C(F)C=C1F. The zero-order chi connectivity index (χ0) is 6.85. The van der Waals surface area contributed by atoms with Crippen LogP contribution in [0.25, 0.3) is 0 Å². The van der Waals surface area contributed by atoms with E-state index < -0.39 is 5.83 Å². The largest absolute Gasteiger partial charge is 0.211 e. The quantitative estimate of drug-likeness (QED) is 0.473. The number of hydrogen-bond donors (Lipinski definition) is 0. The molecule has 0 nitrogen and oxygen atoms in total. The lowest BCUT2D eigenvalue weighted by Crippen LogP contribution is -1.97. The maximum atomic E-state index is 12.4. The van der Waals surface area contributed by atoms with Crippen LogP contribution >= 0.6 is 0 Å². The first-order valence-corrected chi connectivity index (χ1v) is 2.93. The van der Waals surface area contributed by atoms with Gasteiger partial charge in [-0.1, -0.05) is 6.92 Å². The van der Waals surface area contributed by atoms with Gasteiger partial charge in [0.25, 0.3) is 0 Å². The van der Waals surface area contributed by atoms with Crippen LogP contribution in [-0.2, 0) is 0 Å². The Balaban J connectivity index is 2.74. The second-order valence-electron chi connectivity index (χ2n) is 2.25. The van der Waals surface area contributed by atoms with E-state index in [0.717, 1.165) is 6.08 Å². The third kappa shape index (κ3) is 1.37. The molecule has 0 amide bonds. The van der Waals surface area contributed by atoms with E-state index in [1.165, 1.54) is 6.08 Å². The molecule has 0 N–H and O–H groups in total. The van der Waals surface area contributed by atoms with Crippen molar-refractivity contribution in [3.63, 3.8) is 0 Å². The summed E-state index contributed by atoms with van der Waals surface area (Å²) in [4.78, 5) is 0. The number of hydrogen-bond acceptors (Lipinski definition) is 0. The van der Waals surface area contributed by atoms with E-state index in [1.54, 1.807) is 6.92 Å². The lowest BCUT2D eigenvalue weighted by Gasteiger charge is -2.08. The van der Waals surface area contributed by atoms with Crippen LogP contribution in [-0.4, -0.2) is 0 Å². The second-order valence-corrected chi connectivity index (χ2v) is 2.25. The van der Waals surface area contributed by atoms with E-state index in [0.29, 0.717) is 6.42 Å². The molecule has 0 radical (unpaired) electrons. The Morgan fingerprint density at radius 1 is 1.56 bits per heavy atom. The van der Waals surface area contributed by atoms with Gasteiger partial charge in [-0.25, -0.2) is 8.78 Å². The van der Waals surface area contributed by atoms with Gasteiger partial charge < -0.3 is 0 Å². The van der Waals surface area contributed by atoms with Crippen LogP contribution in [0.1, 0.15) is 13.3 Å². The molecule has 1 atom stereocenters. The molecule has 9 heavy (non-hydrogen) atoms. The topological polar surface area (TPSA) is 0 Å². The molecule has 0 heterocycles. The molecule has 0 bridgehead atoms. The van der Waals surface area contributed by atoms with E-state index in [4.69, 9.17) is 0 Å². The molecule has 0 aliphatic heterocycles. The fourth-order valence-corrected chi connectivity index (χ4v) is 0.735. The molecular weight excluding hydrogens is 122 g/mol. The van der Waals surface area contributed by atoms with Crippen molar-refractivity contribution in [1.29, 1.82) is 0 Å². The average Bonchev–Trinajstić information content (AvgIpc) is 1.80. The molecule has 0 spiro atoms. The normalized spacial score (nSPS) is 27.2. The molecule has 50 valence electrons. The highest BCUT2D eigenvalue weighted by atomic mass is 19.1. The van der Waals surface area contributed by atoms with E-state index >= 15 is 0 Å². The molecule has 0 aromatic heterocycles. The van der Waals surface area contributed by atoms with E-state index in [9.17, 15) is 8.78 Å². The van der Waals surface area contributed by atoms with Gasteiger partial charge in [0.15, 0.2) is 0 Å². The van der Waals surface area contributed by atoms with Gasteiger partial charge in [0.05, 0.1) is 0 Å². The smallest absolute Gasteiger partial charge is 0.121 e. The third-order valence-electron chi connectivity index (χ3n) is 1.41. The van der Waals surface area contributed by atoms with Crippen molar-refractivity contribution in [2.24, 2.45) is 5.92 Å². The molecule has 1 rings (SSSR count). The Morgan fingerprint density at radius 2 is 2.22 bits per heavy atom. The maximum Gasteiger partial charge on any atom is 0.121 e. The number of allylic oxidation sites excluding steroid dienone is 4. The summed E-state index contributed by atoms with van der Waals surface area (Å²) < 4.78 is 24.6.